The second-order valence-corrected chi connectivity index (χ2v) is 5.18. The maximum atomic E-state index is 13.0. The van der Waals surface area contributed by atoms with Crippen LogP contribution in [0.15, 0.2) is 23.1 Å². The van der Waals surface area contributed by atoms with Crippen LogP contribution in [0.2, 0.25) is 0 Å². The smallest absolute Gasteiger partial charge is 0.305 e. The molecule has 0 aliphatic rings. The summed E-state index contributed by atoms with van der Waals surface area (Å²) in [4.78, 5) is 22.6. The van der Waals surface area contributed by atoms with Crippen LogP contribution in [0.1, 0.15) is 19.8 Å². The predicted octanol–water partition coefficient (Wildman–Crippen LogP) is 2.43. The number of carbonyl (C=O) groups is 2. The Morgan fingerprint density at radius 2 is 2.05 bits per heavy atom. The van der Waals surface area contributed by atoms with Crippen molar-refractivity contribution in [1.82, 2.24) is 5.32 Å². The standard InChI is InChI=1S/C13H15F2NO3S/c1-2-8(5-13(18)19)16-12(17)7-20-9-3-4-10(14)11(15)6-9/h3-4,6,8H,2,5,7H2,1H3,(H,16,17)(H,18,19). The highest BCUT2D eigenvalue weighted by molar-refractivity contribution is 8.00. The predicted molar refractivity (Wildman–Crippen MR) is 71.6 cm³/mol. The molecule has 4 nitrogen and oxygen atoms in total. The third-order valence-electron chi connectivity index (χ3n) is 2.54. The first-order valence-corrected chi connectivity index (χ1v) is 7.00. The zero-order valence-electron chi connectivity index (χ0n) is 10.9. The number of nitrogens with one attached hydrogen (secondary N) is 1. The molecule has 0 saturated carbocycles. The summed E-state index contributed by atoms with van der Waals surface area (Å²) in [5.74, 6) is -3.21. The molecule has 7 heteroatoms. The van der Waals surface area contributed by atoms with Gasteiger partial charge in [-0.1, -0.05) is 6.92 Å². The second-order valence-electron chi connectivity index (χ2n) is 4.14. The third-order valence-corrected chi connectivity index (χ3v) is 3.53. The summed E-state index contributed by atoms with van der Waals surface area (Å²) in [5, 5.41) is 11.2. The number of benzene rings is 1. The Balaban J connectivity index is 2.46. The zero-order chi connectivity index (χ0) is 15.1. The lowest BCUT2D eigenvalue weighted by molar-refractivity contribution is -0.137. The first-order chi connectivity index (χ1) is 9.42. The van der Waals surface area contributed by atoms with Crippen molar-refractivity contribution in [2.75, 3.05) is 5.75 Å². The summed E-state index contributed by atoms with van der Waals surface area (Å²) in [6, 6.07) is 2.97. The Hall–Kier alpha value is -1.63. The van der Waals surface area contributed by atoms with Gasteiger partial charge in [-0.2, -0.15) is 0 Å². The van der Waals surface area contributed by atoms with Gasteiger partial charge >= 0.3 is 5.97 Å². The SMILES string of the molecule is CCC(CC(=O)O)NC(=O)CSc1ccc(F)c(F)c1. The van der Waals surface area contributed by atoms with Crippen LogP contribution in [0.3, 0.4) is 0 Å². The third kappa shape index (κ3) is 5.56. The van der Waals surface area contributed by atoms with Gasteiger partial charge in [0.05, 0.1) is 12.2 Å². The number of carbonyl (C=O) groups excluding carboxylic acids is 1. The first-order valence-electron chi connectivity index (χ1n) is 6.01. The fourth-order valence-electron chi connectivity index (χ4n) is 1.49. The fourth-order valence-corrected chi connectivity index (χ4v) is 2.23. The fraction of sp³-hybridized carbons (Fsp3) is 0.385. The van der Waals surface area contributed by atoms with E-state index in [0.29, 0.717) is 11.3 Å². The molecule has 2 N–H and O–H groups in total. The van der Waals surface area contributed by atoms with Gasteiger partial charge in [-0.3, -0.25) is 9.59 Å². The van der Waals surface area contributed by atoms with Crippen LogP contribution in [0.4, 0.5) is 8.78 Å². The number of carboxylic acids is 1. The minimum atomic E-state index is -0.981. The average Bonchev–Trinajstić information content (AvgIpc) is 2.39. The van der Waals surface area contributed by atoms with Crippen molar-refractivity contribution < 1.29 is 23.5 Å². The van der Waals surface area contributed by atoms with Gasteiger partial charge in [-0.05, 0) is 24.6 Å². The van der Waals surface area contributed by atoms with Crippen molar-refractivity contribution in [2.24, 2.45) is 0 Å². The van der Waals surface area contributed by atoms with Crippen molar-refractivity contribution in [1.29, 1.82) is 0 Å². The van der Waals surface area contributed by atoms with E-state index in [1.54, 1.807) is 6.92 Å². The van der Waals surface area contributed by atoms with Crippen molar-refractivity contribution in [3.63, 3.8) is 0 Å². The minimum absolute atomic E-state index is 0.0151. The van der Waals surface area contributed by atoms with E-state index in [0.717, 1.165) is 23.9 Å². The van der Waals surface area contributed by atoms with Crippen molar-refractivity contribution in [3.05, 3.63) is 29.8 Å². The van der Waals surface area contributed by atoms with E-state index in [2.05, 4.69) is 5.32 Å². The molecule has 1 unspecified atom stereocenters. The molecule has 1 amide bonds. The number of hydrogen-bond acceptors (Lipinski definition) is 3. The van der Waals surface area contributed by atoms with Gasteiger partial charge in [0.25, 0.3) is 0 Å². The van der Waals surface area contributed by atoms with Gasteiger partial charge in [0, 0.05) is 10.9 Å². The summed E-state index contributed by atoms with van der Waals surface area (Å²) in [6.07, 6.45) is 0.367. The van der Waals surface area contributed by atoms with Gasteiger partial charge in [0.15, 0.2) is 11.6 Å². The summed E-state index contributed by atoms with van der Waals surface area (Å²) >= 11 is 1.06. The molecule has 1 aromatic carbocycles. The summed E-state index contributed by atoms with van der Waals surface area (Å²) in [7, 11) is 0. The molecule has 1 aromatic rings. The molecule has 20 heavy (non-hydrogen) atoms. The van der Waals surface area contributed by atoms with Gasteiger partial charge in [0.1, 0.15) is 0 Å². The summed E-state index contributed by atoms with van der Waals surface area (Å²) in [5.41, 5.74) is 0. The maximum Gasteiger partial charge on any atom is 0.305 e. The molecule has 110 valence electrons. The number of aliphatic carboxylic acids is 1. The zero-order valence-corrected chi connectivity index (χ0v) is 11.7. The van der Waals surface area contributed by atoms with E-state index in [9.17, 15) is 18.4 Å². The van der Waals surface area contributed by atoms with E-state index in [-0.39, 0.29) is 18.1 Å². The van der Waals surface area contributed by atoms with Crippen LogP contribution in [0.25, 0.3) is 0 Å². The quantitative estimate of drug-likeness (QED) is 0.759. The lowest BCUT2D eigenvalue weighted by Gasteiger charge is -2.14. The normalized spacial score (nSPS) is 11.9. The number of hydrogen-bond donors (Lipinski definition) is 2. The molecule has 0 radical (unpaired) electrons. The van der Waals surface area contributed by atoms with Gasteiger partial charge in [0.2, 0.25) is 5.91 Å². The highest BCUT2D eigenvalue weighted by Gasteiger charge is 2.14. The Bertz CT molecular complexity index is 497. The molecule has 0 heterocycles. The average molecular weight is 303 g/mol. The summed E-state index contributed by atoms with van der Waals surface area (Å²) in [6.45, 7) is 1.77. The Kier molecular flexibility index (Phi) is 6.44. The minimum Gasteiger partial charge on any atom is -0.481 e. The monoisotopic (exact) mass is 303 g/mol. The molecule has 0 saturated heterocycles. The highest BCUT2D eigenvalue weighted by Crippen LogP contribution is 2.20. The van der Waals surface area contributed by atoms with E-state index in [4.69, 9.17) is 5.11 Å². The lowest BCUT2D eigenvalue weighted by atomic mass is 10.1. The highest BCUT2D eigenvalue weighted by atomic mass is 32.2. The lowest BCUT2D eigenvalue weighted by Crippen LogP contribution is -2.37. The molecule has 0 spiro atoms. The topological polar surface area (TPSA) is 66.4 Å². The first kappa shape index (κ1) is 16.4. The molecule has 0 bridgehead atoms. The van der Waals surface area contributed by atoms with Crippen LogP contribution >= 0.6 is 11.8 Å². The van der Waals surface area contributed by atoms with Gasteiger partial charge in [-0.15, -0.1) is 11.8 Å². The van der Waals surface area contributed by atoms with Gasteiger partial charge in [-0.25, -0.2) is 8.78 Å². The molecule has 0 aliphatic heterocycles. The molecule has 0 aliphatic carbocycles. The maximum absolute atomic E-state index is 13.0. The van der Waals surface area contributed by atoms with Crippen molar-refractivity contribution in [3.8, 4) is 0 Å². The number of rotatable bonds is 7. The molecular weight excluding hydrogens is 288 g/mol. The molecule has 1 rings (SSSR count). The number of thioether (sulfide) groups is 1. The van der Waals surface area contributed by atoms with E-state index in [1.807, 2.05) is 0 Å². The number of amides is 1. The van der Waals surface area contributed by atoms with Crippen LogP contribution in [0, 0.1) is 11.6 Å². The van der Waals surface area contributed by atoms with Gasteiger partial charge < -0.3 is 10.4 Å². The molecule has 1 atom stereocenters. The van der Waals surface area contributed by atoms with Crippen LogP contribution in [-0.2, 0) is 9.59 Å². The van der Waals surface area contributed by atoms with Crippen LogP contribution < -0.4 is 5.32 Å². The number of halogens is 2. The van der Waals surface area contributed by atoms with Crippen molar-refractivity contribution >= 4 is 23.6 Å². The number of carboxylic acid groups (broad SMARTS) is 1. The molecule has 0 fully saturated rings. The van der Waals surface area contributed by atoms with Crippen LogP contribution in [-0.4, -0.2) is 28.8 Å². The second kappa shape index (κ2) is 7.84. The van der Waals surface area contributed by atoms with Crippen molar-refractivity contribution in [2.45, 2.75) is 30.7 Å². The Morgan fingerprint density at radius 1 is 1.35 bits per heavy atom. The van der Waals surface area contributed by atoms with E-state index >= 15 is 0 Å². The largest absolute Gasteiger partial charge is 0.481 e. The molecule has 0 aromatic heterocycles. The van der Waals surface area contributed by atoms with E-state index < -0.39 is 23.6 Å². The Morgan fingerprint density at radius 3 is 2.60 bits per heavy atom. The van der Waals surface area contributed by atoms with Crippen LogP contribution in [0.5, 0.6) is 0 Å². The Labute approximate surface area is 119 Å². The molecular formula is C13H15F2NO3S. The summed E-state index contributed by atoms with van der Waals surface area (Å²) < 4.78 is 25.7. The van der Waals surface area contributed by atoms with E-state index in [1.165, 1.54) is 6.07 Å².